The maximum atomic E-state index is 5.85. The molecule has 1 fully saturated rings. The molecule has 1 aliphatic rings. The number of rotatable bonds is 3. The molecule has 0 saturated carbocycles. The summed E-state index contributed by atoms with van der Waals surface area (Å²) in [5, 5.41) is 0. The minimum absolute atomic E-state index is 0.421. The summed E-state index contributed by atoms with van der Waals surface area (Å²) in [6, 6.07) is 0.421. The lowest BCUT2D eigenvalue weighted by molar-refractivity contribution is 0.289. The highest BCUT2D eigenvalue weighted by atomic mass is 15.2. The lowest BCUT2D eigenvalue weighted by atomic mass is 10.3. The quantitative estimate of drug-likeness (QED) is 0.817. The SMILES string of the molecule is Cc1cn(C(C)CN2CCCC2)c(N)n1. The van der Waals surface area contributed by atoms with Gasteiger partial charge in [0.15, 0.2) is 0 Å². The Morgan fingerprint density at radius 2 is 2.13 bits per heavy atom. The molecular formula is C11H20N4. The van der Waals surface area contributed by atoms with Crippen LogP contribution in [-0.4, -0.2) is 34.1 Å². The summed E-state index contributed by atoms with van der Waals surface area (Å²) in [6.45, 7) is 7.74. The third kappa shape index (κ3) is 2.31. The van der Waals surface area contributed by atoms with Gasteiger partial charge in [-0.3, -0.25) is 0 Å². The summed E-state index contributed by atoms with van der Waals surface area (Å²) < 4.78 is 2.08. The predicted molar refractivity (Wildman–Crippen MR) is 61.8 cm³/mol. The number of nitrogens with two attached hydrogens (primary N) is 1. The minimum Gasteiger partial charge on any atom is -0.369 e. The zero-order chi connectivity index (χ0) is 10.8. The first-order chi connectivity index (χ1) is 7.16. The molecule has 2 N–H and O–H groups in total. The summed E-state index contributed by atoms with van der Waals surface area (Å²) >= 11 is 0. The van der Waals surface area contributed by atoms with E-state index in [9.17, 15) is 0 Å². The first kappa shape index (κ1) is 10.5. The van der Waals surface area contributed by atoms with Crippen molar-refractivity contribution >= 4 is 5.95 Å². The first-order valence-corrected chi connectivity index (χ1v) is 5.70. The monoisotopic (exact) mass is 208 g/mol. The van der Waals surface area contributed by atoms with Crippen LogP contribution in [0, 0.1) is 6.92 Å². The zero-order valence-electron chi connectivity index (χ0n) is 9.61. The van der Waals surface area contributed by atoms with Crippen LogP contribution in [0.25, 0.3) is 0 Å². The van der Waals surface area contributed by atoms with E-state index in [0.717, 1.165) is 12.2 Å². The van der Waals surface area contributed by atoms with Gasteiger partial charge in [-0.1, -0.05) is 0 Å². The predicted octanol–water partition coefficient (Wildman–Crippen LogP) is 1.43. The van der Waals surface area contributed by atoms with E-state index in [4.69, 9.17) is 5.73 Å². The number of nitrogen functional groups attached to an aromatic ring is 1. The van der Waals surface area contributed by atoms with Gasteiger partial charge in [-0.2, -0.15) is 0 Å². The van der Waals surface area contributed by atoms with E-state index < -0.39 is 0 Å². The van der Waals surface area contributed by atoms with Crippen molar-refractivity contribution in [1.29, 1.82) is 0 Å². The summed E-state index contributed by atoms with van der Waals surface area (Å²) in [6.07, 6.45) is 4.71. The third-order valence-electron chi connectivity index (χ3n) is 3.08. The zero-order valence-corrected chi connectivity index (χ0v) is 9.61. The first-order valence-electron chi connectivity index (χ1n) is 5.70. The van der Waals surface area contributed by atoms with Crippen LogP contribution >= 0.6 is 0 Å². The van der Waals surface area contributed by atoms with Gasteiger partial charge < -0.3 is 15.2 Å². The molecule has 1 aromatic heterocycles. The molecule has 0 spiro atoms. The number of nitrogens with zero attached hydrogens (tertiary/aromatic N) is 3. The molecule has 2 heterocycles. The Morgan fingerprint density at radius 1 is 1.47 bits per heavy atom. The van der Waals surface area contributed by atoms with Crippen LogP contribution in [-0.2, 0) is 0 Å². The molecule has 4 nitrogen and oxygen atoms in total. The molecule has 1 saturated heterocycles. The summed E-state index contributed by atoms with van der Waals surface area (Å²) in [5.74, 6) is 0.638. The molecule has 15 heavy (non-hydrogen) atoms. The summed E-state index contributed by atoms with van der Waals surface area (Å²) in [7, 11) is 0. The molecule has 84 valence electrons. The highest BCUT2D eigenvalue weighted by molar-refractivity contribution is 5.22. The van der Waals surface area contributed by atoms with Crippen molar-refractivity contribution in [2.45, 2.75) is 32.7 Å². The molecule has 2 rings (SSSR count). The second-order valence-corrected chi connectivity index (χ2v) is 4.50. The molecule has 0 bridgehead atoms. The van der Waals surface area contributed by atoms with E-state index in [2.05, 4.69) is 21.4 Å². The molecular weight excluding hydrogens is 188 g/mol. The van der Waals surface area contributed by atoms with E-state index in [1.165, 1.54) is 25.9 Å². The smallest absolute Gasteiger partial charge is 0.200 e. The van der Waals surface area contributed by atoms with Gasteiger partial charge in [0.25, 0.3) is 0 Å². The van der Waals surface area contributed by atoms with E-state index in [1.807, 2.05) is 13.1 Å². The van der Waals surface area contributed by atoms with E-state index in [-0.39, 0.29) is 0 Å². The van der Waals surface area contributed by atoms with Gasteiger partial charge in [0, 0.05) is 18.8 Å². The second kappa shape index (κ2) is 4.23. The number of aromatic nitrogens is 2. The molecule has 0 amide bonds. The van der Waals surface area contributed by atoms with Crippen molar-refractivity contribution in [3.63, 3.8) is 0 Å². The molecule has 1 atom stereocenters. The van der Waals surface area contributed by atoms with Crippen molar-refractivity contribution < 1.29 is 0 Å². The molecule has 0 aromatic carbocycles. The standard InChI is InChI=1S/C11H20N4/c1-9-7-15(11(12)13-9)10(2)8-14-5-3-4-6-14/h7,10H,3-6,8H2,1-2H3,(H2,12,13). The molecule has 0 aliphatic carbocycles. The van der Waals surface area contributed by atoms with Crippen LogP contribution in [0.1, 0.15) is 31.5 Å². The Hall–Kier alpha value is -1.03. The topological polar surface area (TPSA) is 47.1 Å². The molecule has 1 aliphatic heterocycles. The fourth-order valence-corrected chi connectivity index (χ4v) is 2.31. The fraction of sp³-hybridized carbons (Fsp3) is 0.727. The highest BCUT2D eigenvalue weighted by Crippen LogP contribution is 2.17. The third-order valence-corrected chi connectivity index (χ3v) is 3.08. The summed E-state index contributed by atoms with van der Waals surface area (Å²) in [5.41, 5.74) is 6.85. The van der Waals surface area contributed by atoms with Crippen molar-refractivity contribution in [2.75, 3.05) is 25.4 Å². The Morgan fingerprint density at radius 3 is 2.67 bits per heavy atom. The minimum atomic E-state index is 0.421. The maximum absolute atomic E-state index is 5.85. The average molecular weight is 208 g/mol. The average Bonchev–Trinajstić information content (AvgIpc) is 2.75. The Kier molecular flexibility index (Phi) is 2.95. The van der Waals surface area contributed by atoms with Crippen LogP contribution in [0.3, 0.4) is 0 Å². The van der Waals surface area contributed by atoms with Gasteiger partial charge in [0.1, 0.15) is 0 Å². The summed E-state index contributed by atoms with van der Waals surface area (Å²) in [4.78, 5) is 6.73. The van der Waals surface area contributed by atoms with Gasteiger partial charge in [-0.25, -0.2) is 4.98 Å². The van der Waals surface area contributed by atoms with Crippen LogP contribution in [0.2, 0.25) is 0 Å². The highest BCUT2D eigenvalue weighted by Gasteiger charge is 2.16. The number of hydrogen-bond donors (Lipinski definition) is 1. The number of aryl methyl sites for hydroxylation is 1. The lowest BCUT2D eigenvalue weighted by Crippen LogP contribution is -2.27. The molecule has 4 heteroatoms. The van der Waals surface area contributed by atoms with E-state index in [0.29, 0.717) is 12.0 Å². The van der Waals surface area contributed by atoms with Crippen molar-refractivity contribution in [2.24, 2.45) is 0 Å². The van der Waals surface area contributed by atoms with Crippen molar-refractivity contribution in [3.8, 4) is 0 Å². The van der Waals surface area contributed by atoms with E-state index in [1.54, 1.807) is 0 Å². The molecule has 0 radical (unpaired) electrons. The Bertz CT molecular complexity index is 325. The van der Waals surface area contributed by atoms with Gasteiger partial charge >= 0.3 is 0 Å². The normalized spacial score (nSPS) is 19.6. The van der Waals surface area contributed by atoms with Crippen LogP contribution in [0.4, 0.5) is 5.95 Å². The number of likely N-dealkylation sites (tertiary alicyclic amines) is 1. The number of hydrogen-bond acceptors (Lipinski definition) is 3. The van der Waals surface area contributed by atoms with Gasteiger partial charge in [0.05, 0.1) is 5.69 Å². The lowest BCUT2D eigenvalue weighted by Gasteiger charge is -2.21. The maximum Gasteiger partial charge on any atom is 0.200 e. The van der Waals surface area contributed by atoms with Crippen molar-refractivity contribution in [1.82, 2.24) is 14.5 Å². The molecule has 1 aromatic rings. The fourth-order valence-electron chi connectivity index (χ4n) is 2.31. The van der Waals surface area contributed by atoms with Crippen LogP contribution in [0.15, 0.2) is 6.20 Å². The second-order valence-electron chi connectivity index (χ2n) is 4.50. The van der Waals surface area contributed by atoms with E-state index >= 15 is 0 Å². The number of imidazole rings is 1. The van der Waals surface area contributed by atoms with Crippen LogP contribution < -0.4 is 5.73 Å². The van der Waals surface area contributed by atoms with Gasteiger partial charge in [-0.15, -0.1) is 0 Å². The Balaban J connectivity index is 2.00. The largest absolute Gasteiger partial charge is 0.369 e. The van der Waals surface area contributed by atoms with Crippen LogP contribution in [0.5, 0.6) is 0 Å². The number of anilines is 1. The van der Waals surface area contributed by atoms with Gasteiger partial charge in [0.2, 0.25) is 5.95 Å². The Labute approximate surface area is 91.1 Å². The van der Waals surface area contributed by atoms with Gasteiger partial charge in [-0.05, 0) is 39.8 Å². The van der Waals surface area contributed by atoms with Crippen molar-refractivity contribution in [3.05, 3.63) is 11.9 Å². The molecule has 1 unspecified atom stereocenters.